The van der Waals surface area contributed by atoms with Gasteiger partial charge in [0.05, 0.1) is 11.1 Å². The maximum absolute atomic E-state index is 15.5. The summed E-state index contributed by atoms with van der Waals surface area (Å²) in [7, 11) is 0. The van der Waals surface area contributed by atoms with Gasteiger partial charge in [0.1, 0.15) is 5.82 Å². The molecule has 192 valence electrons. The number of rotatable bonds is 5. The van der Waals surface area contributed by atoms with E-state index in [1.807, 2.05) is 24.3 Å². The fourth-order valence-electron chi connectivity index (χ4n) is 6.04. The third kappa shape index (κ3) is 4.11. The highest BCUT2D eigenvalue weighted by atomic mass is 19.1. The van der Waals surface area contributed by atoms with Crippen molar-refractivity contribution >= 4 is 17.3 Å². The zero-order chi connectivity index (χ0) is 25.1. The van der Waals surface area contributed by atoms with Crippen LogP contribution < -0.4 is 19.7 Å². The van der Waals surface area contributed by atoms with Gasteiger partial charge in [-0.3, -0.25) is 4.79 Å². The fourth-order valence-corrected chi connectivity index (χ4v) is 6.04. The number of hydrogen-bond donors (Lipinski definition) is 1. The second-order valence-corrected chi connectivity index (χ2v) is 11.9. The number of nitrogens with zero attached hydrogens (tertiary/aromatic N) is 1. The molecule has 6 rings (SSSR count). The molecule has 36 heavy (non-hydrogen) atoms. The summed E-state index contributed by atoms with van der Waals surface area (Å²) < 4.78 is 31.9. The van der Waals surface area contributed by atoms with Crippen molar-refractivity contribution in [2.75, 3.05) is 36.8 Å². The Morgan fingerprint density at radius 2 is 1.86 bits per heavy atom. The second kappa shape index (κ2) is 8.65. The molecule has 1 N–H and O–H groups in total. The number of carbonyl (C=O) groups excluding carboxylic acids is 1. The molecule has 1 unspecified atom stereocenters. The summed E-state index contributed by atoms with van der Waals surface area (Å²) in [6.45, 7) is 9.47. The van der Waals surface area contributed by atoms with Gasteiger partial charge < -0.3 is 24.4 Å². The molecule has 7 heteroatoms. The van der Waals surface area contributed by atoms with Gasteiger partial charge in [-0.05, 0) is 78.8 Å². The van der Waals surface area contributed by atoms with Crippen LogP contribution in [0, 0.1) is 17.2 Å². The van der Waals surface area contributed by atoms with Crippen LogP contribution in [-0.4, -0.2) is 38.5 Å². The number of hydrogen-bond acceptors (Lipinski definition) is 5. The predicted octanol–water partition coefficient (Wildman–Crippen LogP) is 5.43. The van der Waals surface area contributed by atoms with E-state index in [-0.39, 0.29) is 35.7 Å². The number of fused-ring (bicyclic) bond motifs is 2. The number of anilines is 2. The molecular weight excluding hydrogens is 459 g/mol. The fraction of sp³-hybridized carbons (Fsp3) is 0.552. The molecule has 2 fully saturated rings. The molecule has 1 saturated carbocycles. The Kier molecular flexibility index (Phi) is 5.67. The van der Waals surface area contributed by atoms with Crippen molar-refractivity contribution in [3.8, 4) is 11.5 Å². The van der Waals surface area contributed by atoms with Gasteiger partial charge in [-0.2, -0.15) is 0 Å². The normalized spacial score (nSPS) is 22.4. The molecule has 2 aromatic rings. The number of benzene rings is 2. The molecule has 1 saturated heterocycles. The molecule has 0 bridgehead atoms. The van der Waals surface area contributed by atoms with Gasteiger partial charge in [0, 0.05) is 31.5 Å². The summed E-state index contributed by atoms with van der Waals surface area (Å²) in [5.41, 5.74) is 2.63. The van der Waals surface area contributed by atoms with Crippen LogP contribution >= 0.6 is 0 Å². The maximum Gasteiger partial charge on any atom is 0.235 e. The lowest BCUT2D eigenvalue weighted by Crippen LogP contribution is -2.45. The van der Waals surface area contributed by atoms with E-state index >= 15 is 4.39 Å². The number of nitrogens with one attached hydrogen (secondary N) is 1. The van der Waals surface area contributed by atoms with Gasteiger partial charge >= 0.3 is 0 Å². The summed E-state index contributed by atoms with van der Waals surface area (Å²) in [6.07, 6.45) is 4.40. The molecule has 2 aromatic carbocycles. The third-order valence-corrected chi connectivity index (χ3v) is 8.42. The minimum absolute atomic E-state index is 0.0432. The highest BCUT2D eigenvalue weighted by Gasteiger charge is 2.52. The Bertz CT molecular complexity index is 1180. The minimum Gasteiger partial charge on any atom is -0.454 e. The smallest absolute Gasteiger partial charge is 0.235 e. The maximum atomic E-state index is 15.5. The number of amides is 1. The molecule has 0 aromatic heterocycles. The first-order chi connectivity index (χ1) is 17.2. The van der Waals surface area contributed by atoms with Crippen LogP contribution in [0.2, 0.25) is 0 Å². The van der Waals surface area contributed by atoms with Gasteiger partial charge in [-0.25, -0.2) is 4.39 Å². The molecule has 4 aliphatic rings. The van der Waals surface area contributed by atoms with Crippen LogP contribution in [0.3, 0.4) is 0 Å². The van der Waals surface area contributed by atoms with Gasteiger partial charge in [0.25, 0.3) is 0 Å². The third-order valence-electron chi connectivity index (χ3n) is 8.42. The van der Waals surface area contributed by atoms with E-state index in [0.717, 1.165) is 68.7 Å². The molecule has 1 aliphatic carbocycles. The molecule has 0 spiro atoms. The van der Waals surface area contributed by atoms with Crippen molar-refractivity contribution in [2.24, 2.45) is 11.3 Å². The van der Waals surface area contributed by atoms with E-state index in [9.17, 15) is 4.79 Å². The van der Waals surface area contributed by atoms with Gasteiger partial charge in [-0.1, -0.05) is 26.8 Å². The SMILES string of the molecule is CC(C)(C)C1Cc2cc(NC(=O)C3(c4ccc5c(c4)OCO5)CC3)c(F)cc2N1CC1CCOCC1. The number of halogens is 1. The summed E-state index contributed by atoms with van der Waals surface area (Å²) >= 11 is 0. The van der Waals surface area contributed by atoms with Crippen LogP contribution in [-0.2, 0) is 21.4 Å². The van der Waals surface area contributed by atoms with Crippen LogP contribution in [0.4, 0.5) is 15.8 Å². The monoisotopic (exact) mass is 494 g/mol. The highest BCUT2D eigenvalue weighted by Crippen LogP contribution is 2.51. The second-order valence-electron chi connectivity index (χ2n) is 11.9. The largest absolute Gasteiger partial charge is 0.454 e. The minimum atomic E-state index is -0.643. The Labute approximate surface area is 212 Å². The van der Waals surface area contributed by atoms with Crippen molar-refractivity contribution in [1.29, 1.82) is 0 Å². The van der Waals surface area contributed by atoms with Gasteiger partial charge in [-0.15, -0.1) is 0 Å². The lowest BCUT2D eigenvalue weighted by molar-refractivity contribution is -0.118. The van der Waals surface area contributed by atoms with Crippen molar-refractivity contribution in [3.63, 3.8) is 0 Å². The Morgan fingerprint density at radius 3 is 2.58 bits per heavy atom. The zero-order valence-electron chi connectivity index (χ0n) is 21.4. The van der Waals surface area contributed by atoms with Crippen LogP contribution in [0.5, 0.6) is 11.5 Å². The topological polar surface area (TPSA) is 60.0 Å². The first-order valence-corrected chi connectivity index (χ1v) is 13.1. The average Bonchev–Trinajstić information content (AvgIpc) is 3.41. The van der Waals surface area contributed by atoms with Crippen molar-refractivity contribution < 1.29 is 23.4 Å². The molecule has 1 atom stereocenters. The van der Waals surface area contributed by atoms with Crippen molar-refractivity contribution in [3.05, 3.63) is 47.3 Å². The van der Waals surface area contributed by atoms with Crippen molar-refractivity contribution in [1.82, 2.24) is 0 Å². The summed E-state index contributed by atoms with van der Waals surface area (Å²) in [4.78, 5) is 15.8. The Morgan fingerprint density at radius 1 is 1.11 bits per heavy atom. The summed E-state index contributed by atoms with van der Waals surface area (Å²) in [5, 5.41) is 2.94. The van der Waals surface area contributed by atoms with Gasteiger partial charge in [0.15, 0.2) is 11.5 Å². The van der Waals surface area contributed by atoms with Crippen molar-refractivity contribution in [2.45, 2.75) is 64.3 Å². The van der Waals surface area contributed by atoms with E-state index in [0.29, 0.717) is 17.4 Å². The van der Waals surface area contributed by atoms with E-state index in [1.54, 1.807) is 6.07 Å². The van der Waals surface area contributed by atoms with E-state index < -0.39 is 5.41 Å². The highest BCUT2D eigenvalue weighted by molar-refractivity contribution is 6.01. The van der Waals surface area contributed by atoms with Crippen LogP contribution in [0.1, 0.15) is 57.6 Å². The average molecular weight is 495 g/mol. The quantitative estimate of drug-likeness (QED) is 0.601. The van der Waals surface area contributed by atoms with E-state index in [1.165, 1.54) is 0 Å². The lowest BCUT2D eigenvalue weighted by atomic mass is 9.84. The lowest BCUT2D eigenvalue weighted by Gasteiger charge is -2.39. The first kappa shape index (κ1) is 23.6. The molecule has 0 radical (unpaired) electrons. The standard InChI is InChI=1S/C29H35FN2O4/c1-28(2,3)26-13-19-12-22(21(30)15-23(19)32(26)16-18-6-10-34-11-7-18)31-27(33)29(8-9-29)20-4-5-24-25(14-20)36-17-35-24/h4-5,12,14-15,18,26H,6-11,13,16-17H2,1-3H3,(H,31,33). The molecule has 6 nitrogen and oxygen atoms in total. The first-order valence-electron chi connectivity index (χ1n) is 13.1. The van der Waals surface area contributed by atoms with Crippen LogP contribution in [0.15, 0.2) is 30.3 Å². The van der Waals surface area contributed by atoms with Gasteiger partial charge in [0.2, 0.25) is 12.7 Å². The molecule has 1 amide bonds. The van der Waals surface area contributed by atoms with E-state index in [4.69, 9.17) is 14.2 Å². The molecule has 3 aliphatic heterocycles. The summed E-state index contributed by atoms with van der Waals surface area (Å²) in [5.74, 6) is 1.36. The van der Waals surface area contributed by atoms with Crippen LogP contribution in [0.25, 0.3) is 0 Å². The van der Waals surface area contributed by atoms with E-state index in [2.05, 4.69) is 31.0 Å². The number of carbonyl (C=O) groups is 1. The molecular formula is C29H35FN2O4. The predicted molar refractivity (Wildman–Crippen MR) is 136 cm³/mol. The number of ether oxygens (including phenoxy) is 3. The Hall–Kier alpha value is -2.80. The zero-order valence-corrected chi connectivity index (χ0v) is 21.4. The Balaban J connectivity index is 1.25. The summed E-state index contributed by atoms with van der Waals surface area (Å²) in [6, 6.07) is 9.43. The molecule has 3 heterocycles.